The third kappa shape index (κ3) is 50.5. The van der Waals surface area contributed by atoms with Gasteiger partial charge in [-0.15, -0.1) is 0 Å². The van der Waals surface area contributed by atoms with Gasteiger partial charge in [-0.1, -0.05) is 256 Å². The van der Waals surface area contributed by atoms with Crippen LogP contribution in [0.1, 0.15) is 290 Å². The van der Waals surface area contributed by atoms with Crippen molar-refractivity contribution in [3.05, 3.63) is 36.5 Å². The van der Waals surface area contributed by atoms with E-state index in [1.807, 2.05) is 0 Å². The van der Waals surface area contributed by atoms with E-state index in [0.717, 1.165) is 77.0 Å². The SMILES string of the molecule is CC/C=C\C/C=C\C/C=C\CCCCCCCCCCCC(=O)OCC(COC(=O)CCCCCCCCCCCCC)OC(=O)CCCCCCCCCCCCCCCCC. The summed E-state index contributed by atoms with van der Waals surface area (Å²) in [6.07, 6.45) is 61.3. The monoisotopic (exact) mass is 885 g/mol. The largest absolute Gasteiger partial charge is 0.462 e. The quantitative estimate of drug-likeness (QED) is 0.0262. The molecule has 0 N–H and O–H groups in total. The van der Waals surface area contributed by atoms with Gasteiger partial charge < -0.3 is 14.2 Å². The minimum Gasteiger partial charge on any atom is -0.462 e. The molecule has 368 valence electrons. The van der Waals surface area contributed by atoms with Crippen LogP contribution in [-0.2, 0) is 28.6 Å². The molecule has 0 heterocycles. The first-order valence-electron chi connectivity index (χ1n) is 27.5. The minimum atomic E-state index is -0.768. The molecule has 0 saturated heterocycles. The highest BCUT2D eigenvalue weighted by Crippen LogP contribution is 2.16. The lowest BCUT2D eigenvalue weighted by Gasteiger charge is -2.18. The number of unbranched alkanes of at least 4 members (excludes halogenated alkanes) is 33. The van der Waals surface area contributed by atoms with Crippen molar-refractivity contribution in [2.45, 2.75) is 297 Å². The van der Waals surface area contributed by atoms with Crippen molar-refractivity contribution in [3.63, 3.8) is 0 Å². The molecule has 0 aliphatic heterocycles. The van der Waals surface area contributed by atoms with E-state index in [9.17, 15) is 14.4 Å². The fourth-order valence-corrected chi connectivity index (χ4v) is 8.05. The number of hydrogen-bond donors (Lipinski definition) is 0. The molecule has 0 fully saturated rings. The number of esters is 3. The van der Waals surface area contributed by atoms with E-state index >= 15 is 0 Å². The summed E-state index contributed by atoms with van der Waals surface area (Å²) in [6, 6.07) is 0. The summed E-state index contributed by atoms with van der Waals surface area (Å²) >= 11 is 0. The average Bonchev–Trinajstić information content (AvgIpc) is 3.28. The summed E-state index contributed by atoms with van der Waals surface area (Å²) in [4.78, 5) is 38.0. The zero-order chi connectivity index (χ0) is 45.8. The second-order valence-corrected chi connectivity index (χ2v) is 18.5. The van der Waals surface area contributed by atoms with Gasteiger partial charge in [-0.3, -0.25) is 14.4 Å². The molecule has 63 heavy (non-hydrogen) atoms. The van der Waals surface area contributed by atoms with Gasteiger partial charge in [0, 0.05) is 19.3 Å². The molecule has 0 amide bonds. The van der Waals surface area contributed by atoms with Crippen LogP contribution in [0.4, 0.5) is 0 Å². The Morgan fingerprint density at radius 2 is 0.619 bits per heavy atom. The zero-order valence-corrected chi connectivity index (χ0v) is 42.1. The highest BCUT2D eigenvalue weighted by atomic mass is 16.6. The Hall–Kier alpha value is -2.37. The van der Waals surface area contributed by atoms with E-state index in [1.54, 1.807) is 0 Å². The first-order chi connectivity index (χ1) is 31.0. The maximum absolute atomic E-state index is 12.8. The molecule has 0 aromatic heterocycles. The molecule has 1 atom stereocenters. The minimum absolute atomic E-state index is 0.0690. The lowest BCUT2D eigenvalue weighted by Crippen LogP contribution is -2.30. The van der Waals surface area contributed by atoms with Crippen molar-refractivity contribution in [1.82, 2.24) is 0 Å². The Morgan fingerprint density at radius 1 is 0.333 bits per heavy atom. The molecule has 6 heteroatoms. The summed E-state index contributed by atoms with van der Waals surface area (Å²) < 4.78 is 16.8. The fourth-order valence-electron chi connectivity index (χ4n) is 8.05. The van der Waals surface area contributed by atoms with Crippen LogP contribution in [0.15, 0.2) is 36.5 Å². The van der Waals surface area contributed by atoms with Crippen molar-refractivity contribution in [1.29, 1.82) is 0 Å². The summed E-state index contributed by atoms with van der Waals surface area (Å²) in [5.74, 6) is -0.859. The second kappa shape index (κ2) is 52.3. The molecular weight excluding hydrogens is 781 g/mol. The van der Waals surface area contributed by atoms with Gasteiger partial charge in [0.1, 0.15) is 13.2 Å². The predicted octanol–water partition coefficient (Wildman–Crippen LogP) is 18.1. The Morgan fingerprint density at radius 3 is 0.968 bits per heavy atom. The standard InChI is InChI=1S/C57H104O6/c1-4-7-10-13-16-19-22-24-26-27-28-29-31-32-35-38-41-44-47-50-56(59)62-53-54(52-61-55(58)49-46-43-40-37-34-21-18-15-12-9-6-3)63-57(60)51-48-45-42-39-36-33-30-25-23-20-17-14-11-8-5-2/h7,10,16,19,24,26,54H,4-6,8-9,11-15,17-18,20-23,25,27-53H2,1-3H3/b10-7-,19-16-,26-24-. The highest BCUT2D eigenvalue weighted by Gasteiger charge is 2.19. The molecule has 1 unspecified atom stereocenters. The highest BCUT2D eigenvalue weighted by molar-refractivity contribution is 5.71. The van der Waals surface area contributed by atoms with E-state index in [-0.39, 0.29) is 31.1 Å². The first kappa shape index (κ1) is 60.6. The average molecular weight is 885 g/mol. The smallest absolute Gasteiger partial charge is 0.306 e. The van der Waals surface area contributed by atoms with Gasteiger partial charge in [0.05, 0.1) is 0 Å². The molecular formula is C57H104O6. The van der Waals surface area contributed by atoms with E-state index < -0.39 is 6.10 Å². The predicted molar refractivity (Wildman–Crippen MR) is 270 cm³/mol. The van der Waals surface area contributed by atoms with Crippen molar-refractivity contribution >= 4 is 17.9 Å². The number of hydrogen-bond acceptors (Lipinski definition) is 6. The van der Waals surface area contributed by atoms with Gasteiger partial charge in [-0.2, -0.15) is 0 Å². The first-order valence-corrected chi connectivity index (χ1v) is 27.5. The number of rotatable bonds is 50. The van der Waals surface area contributed by atoms with E-state index in [2.05, 4.69) is 57.2 Å². The number of carbonyl (C=O) groups is 3. The molecule has 6 nitrogen and oxygen atoms in total. The molecule has 0 bridgehead atoms. The van der Waals surface area contributed by atoms with Gasteiger partial charge in [0.15, 0.2) is 6.10 Å². The Labute approximate surface area is 391 Å². The van der Waals surface area contributed by atoms with Gasteiger partial charge in [-0.25, -0.2) is 0 Å². The van der Waals surface area contributed by atoms with Crippen LogP contribution < -0.4 is 0 Å². The summed E-state index contributed by atoms with van der Waals surface area (Å²) in [7, 11) is 0. The van der Waals surface area contributed by atoms with Crippen molar-refractivity contribution < 1.29 is 28.6 Å². The summed E-state index contributed by atoms with van der Waals surface area (Å²) in [5, 5.41) is 0. The third-order valence-corrected chi connectivity index (χ3v) is 12.2. The zero-order valence-electron chi connectivity index (χ0n) is 42.1. The molecule has 0 aromatic rings. The lowest BCUT2D eigenvalue weighted by molar-refractivity contribution is -0.167. The summed E-state index contributed by atoms with van der Waals surface area (Å²) in [6.45, 7) is 6.55. The van der Waals surface area contributed by atoms with Crippen LogP contribution in [0.3, 0.4) is 0 Å². The fraction of sp³-hybridized carbons (Fsp3) is 0.842. The van der Waals surface area contributed by atoms with Gasteiger partial charge >= 0.3 is 17.9 Å². The van der Waals surface area contributed by atoms with Crippen LogP contribution in [0.5, 0.6) is 0 Å². The molecule has 0 aliphatic rings. The maximum atomic E-state index is 12.8. The van der Waals surface area contributed by atoms with Crippen LogP contribution in [0.25, 0.3) is 0 Å². The third-order valence-electron chi connectivity index (χ3n) is 12.2. The molecule has 0 aromatic carbocycles. The number of allylic oxidation sites excluding steroid dienone is 6. The topological polar surface area (TPSA) is 78.9 Å². The van der Waals surface area contributed by atoms with Crippen molar-refractivity contribution in [3.8, 4) is 0 Å². The van der Waals surface area contributed by atoms with Gasteiger partial charge in [-0.05, 0) is 51.4 Å². The maximum Gasteiger partial charge on any atom is 0.306 e. The van der Waals surface area contributed by atoms with Crippen LogP contribution in [0.2, 0.25) is 0 Å². The Balaban J connectivity index is 4.30. The molecule has 0 radical (unpaired) electrons. The van der Waals surface area contributed by atoms with E-state index in [4.69, 9.17) is 14.2 Å². The number of ether oxygens (including phenoxy) is 3. The van der Waals surface area contributed by atoms with Gasteiger partial charge in [0.2, 0.25) is 0 Å². The van der Waals surface area contributed by atoms with E-state index in [1.165, 1.54) is 173 Å². The van der Waals surface area contributed by atoms with Crippen LogP contribution in [-0.4, -0.2) is 37.2 Å². The molecule has 0 aliphatic carbocycles. The number of carbonyl (C=O) groups excluding carboxylic acids is 3. The van der Waals surface area contributed by atoms with Crippen molar-refractivity contribution in [2.75, 3.05) is 13.2 Å². The van der Waals surface area contributed by atoms with Crippen LogP contribution in [0, 0.1) is 0 Å². The summed E-state index contributed by atoms with van der Waals surface area (Å²) in [5.41, 5.74) is 0. The molecule has 0 saturated carbocycles. The normalized spacial score (nSPS) is 12.2. The Bertz CT molecular complexity index is 1060. The second-order valence-electron chi connectivity index (χ2n) is 18.5. The molecule has 0 rings (SSSR count). The Kier molecular flexibility index (Phi) is 50.3. The molecule has 0 spiro atoms. The van der Waals surface area contributed by atoms with Gasteiger partial charge in [0.25, 0.3) is 0 Å². The van der Waals surface area contributed by atoms with Crippen LogP contribution >= 0.6 is 0 Å². The lowest BCUT2D eigenvalue weighted by atomic mass is 10.0. The van der Waals surface area contributed by atoms with E-state index in [0.29, 0.717) is 19.3 Å². The van der Waals surface area contributed by atoms with Crippen molar-refractivity contribution in [2.24, 2.45) is 0 Å².